The molecule has 4 aromatic rings. The van der Waals surface area contributed by atoms with E-state index in [-0.39, 0.29) is 31.6 Å². The van der Waals surface area contributed by atoms with Gasteiger partial charge in [-0.25, -0.2) is 0 Å². The number of ketones is 1. The maximum atomic E-state index is 10.0. The standard InChI is InChI=1S/C19H12N.C5H8O2.Ir/c1-2-8-16-13-20-19(12-15(16)7-1)18-11-5-9-14-6-3-4-10-17(14)18;1-4(6)3-5(2)7;/h1-10,12-13H;3,6H,1-2H3;/q-1;;/b;4-3-;. The van der Waals surface area contributed by atoms with E-state index in [9.17, 15) is 4.79 Å². The molecule has 1 N–H and O–H groups in total. The van der Waals surface area contributed by atoms with Crippen LogP contribution < -0.4 is 0 Å². The quantitative estimate of drug-likeness (QED) is 0.194. The minimum Gasteiger partial charge on any atom is -0.512 e. The molecule has 3 aromatic carbocycles. The molecule has 0 saturated heterocycles. The molecule has 4 heteroatoms. The van der Waals surface area contributed by atoms with Gasteiger partial charge in [-0.1, -0.05) is 60.0 Å². The van der Waals surface area contributed by atoms with Crippen LogP contribution in [0, 0.1) is 6.07 Å². The zero-order valence-corrected chi connectivity index (χ0v) is 18.0. The van der Waals surface area contributed by atoms with Crippen LogP contribution in [-0.2, 0) is 24.9 Å². The van der Waals surface area contributed by atoms with Crippen molar-refractivity contribution in [3.8, 4) is 11.3 Å². The molecule has 1 heterocycles. The van der Waals surface area contributed by atoms with Crippen LogP contribution in [-0.4, -0.2) is 15.9 Å². The van der Waals surface area contributed by atoms with E-state index < -0.39 is 0 Å². The first-order chi connectivity index (χ1) is 13.0. The second-order valence-electron chi connectivity index (χ2n) is 6.25. The first-order valence-electron chi connectivity index (χ1n) is 8.67. The van der Waals surface area contributed by atoms with Gasteiger partial charge in [0.15, 0.2) is 5.78 Å². The Labute approximate surface area is 178 Å². The van der Waals surface area contributed by atoms with Crippen molar-refractivity contribution in [2.75, 3.05) is 0 Å². The number of hydrogen-bond donors (Lipinski definition) is 1. The Hall–Kier alpha value is -2.81. The number of aliphatic hydroxyl groups excluding tert-OH is 1. The van der Waals surface area contributed by atoms with E-state index in [1.807, 2.05) is 18.3 Å². The number of carbonyl (C=O) groups excluding carboxylic acids is 1. The van der Waals surface area contributed by atoms with E-state index >= 15 is 0 Å². The van der Waals surface area contributed by atoms with Crippen molar-refractivity contribution >= 4 is 27.3 Å². The molecule has 0 saturated carbocycles. The fourth-order valence-corrected chi connectivity index (χ4v) is 2.89. The molecular weight excluding hydrogens is 526 g/mol. The monoisotopic (exact) mass is 547 g/mol. The molecule has 1 radical (unpaired) electrons. The first-order valence-corrected chi connectivity index (χ1v) is 8.67. The third kappa shape index (κ3) is 5.35. The predicted octanol–water partition coefficient (Wildman–Crippen LogP) is 5.89. The molecule has 0 aliphatic carbocycles. The van der Waals surface area contributed by atoms with Gasteiger partial charge < -0.3 is 10.1 Å². The number of fused-ring (bicyclic) bond motifs is 2. The summed E-state index contributed by atoms with van der Waals surface area (Å²) in [5.74, 6) is -0.0625. The zero-order valence-electron chi connectivity index (χ0n) is 15.6. The van der Waals surface area contributed by atoms with Crippen molar-refractivity contribution < 1.29 is 30.0 Å². The number of nitrogens with zero attached hydrogens (tertiary/aromatic N) is 1. The molecule has 0 atom stereocenters. The van der Waals surface area contributed by atoms with Crippen LogP contribution in [0.5, 0.6) is 0 Å². The molecule has 0 aliphatic rings. The van der Waals surface area contributed by atoms with Crippen molar-refractivity contribution in [3.05, 3.63) is 90.8 Å². The number of rotatable bonds is 2. The normalized spacial score (nSPS) is 10.7. The molecule has 3 nitrogen and oxygen atoms in total. The molecule has 0 spiro atoms. The predicted molar refractivity (Wildman–Crippen MR) is 111 cm³/mol. The van der Waals surface area contributed by atoms with Crippen LogP contribution in [0.15, 0.2) is 84.8 Å². The third-order valence-corrected chi connectivity index (χ3v) is 4.02. The fourth-order valence-electron chi connectivity index (χ4n) is 2.89. The van der Waals surface area contributed by atoms with Crippen LogP contribution in [0.2, 0.25) is 0 Å². The van der Waals surface area contributed by atoms with Crippen molar-refractivity contribution in [3.63, 3.8) is 0 Å². The Bertz CT molecular complexity index is 1130. The molecule has 143 valence electrons. The number of aromatic nitrogens is 1. The number of hydrogen-bond acceptors (Lipinski definition) is 3. The van der Waals surface area contributed by atoms with Crippen LogP contribution in [0.4, 0.5) is 0 Å². The summed E-state index contributed by atoms with van der Waals surface area (Å²) in [4.78, 5) is 14.6. The topological polar surface area (TPSA) is 50.2 Å². The van der Waals surface area contributed by atoms with Gasteiger partial charge in [0.25, 0.3) is 0 Å². The van der Waals surface area contributed by atoms with Gasteiger partial charge in [-0.15, -0.1) is 29.1 Å². The van der Waals surface area contributed by atoms with E-state index in [0.717, 1.165) is 16.6 Å². The average Bonchev–Trinajstić information content (AvgIpc) is 2.66. The van der Waals surface area contributed by atoms with Gasteiger partial charge in [0, 0.05) is 32.4 Å². The molecule has 0 amide bonds. The summed E-state index contributed by atoms with van der Waals surface area (Å²) < 4.78 is 0. The van der Waals surface area contributed by atoms with Gasteiger partial charge in [0.1, 0.15) is 0 Å². The number of benzene rings is 3. The van der Waals surface area contributed by atoms with Gasteiger partial charge in [-0.05, 0) is 30.3 Å². The Balaban J connectivity index is 0.000000306. The zero-order chi connectivity index (χ0) is 19.2. The van der Waals surface area contributed by atoms with Gasteiger partial charge in [0.2, 0.25) is 0 Å². The Morgan fingerprint density at radius 2 is 1.61 bits per heavy atom. The van der Waals surface area contributed by atoms with E-state index in [2.05, 4.69) is 65.6 Å². The molecule has 0 aliphatic heterocycles. The SMILES string of the molecule is CC(=O)/C=C(/C)O.[Ir].[c-]1ccc2ccccc2c1-c1cc2ccccc2cn1. The Kier molecular flexibility index (Phi) is 7.62. The summed E-state index contributed by atoms with van der Waals surface area (Å²) >= 11 is 0. The Morgan fingerprint density at radius 1 is 0.964 bits per heavy atom. The van der Waals surface area contributed by atoms with E-state index in [1.165, 1.54) is 36.1 Å². The van der Waals surface area contributed by atoms with Crippen LogP contribution in [0.1, 0.15) is 13.8 Å². The summed E-state index contributed by atoms with van der Waals surface area (Å²) in [6.45, 7) is 2.85. The molecule has 0 bridgehead atoms. The van der Waals surface area contributed by atoms with Crippen molar-refractivity contribution in [1.29, 1.82) is 0 Å². The molecular formula is C24H20IrNO2-. The van der Waals surface area contributed by atoms with E-state index in [4.69, 9.17) is 5.11 Å². The van der Waals surface area contributed by atoms with Crippen molar-refractivity contribution in [1.82, 2.24) is 4.98 Å². The van der Waals surface area contributed by atoms with Crippen molar-refractivity contribution in [2.45, 2.75) is 13.8 Å². The Morgan fingerprint density at radius 3 is 2.25 bits per heavy atom. The van der Waals surface area contributed by atoms with Gasteiger partial charge in [-0.2, -0.15) is 0 Å². The van der Waals surface area contributed by atoms with Crippen LogP contribution in [0.25, 0.3) is 32.8 Å². The molecule has 1 aromatic heterocycles. The average molecular weight is 547 g/mol. The largest absolute Gasteiger partial charge is 0.512 e. The first kappa shape index (κ1) is 21.5. The number of aliphatic hydroxyl groups is 1. The number of allylic oxidation sites excluding steroid dienone is 2. The molecule has 28 heavy (non-hydrogen) atoms. The van der Waals surface area contributed by atoms with Gasteiger partial charge >= 0.3 is 0 Å². The summed E-state index contributed by atoms with van der Waals surface area (Å²) in [5.41, 5.74) is 2.04. The van der Waals surface area contributed by atoms with Gasteiger partial charge in [-0.3, -0.25) is 4.79 Å². The molecule has 0 unspecified atom stereocenters. The third-order valence-electron chi connectivity index (χ3n) is 4.02. The van der Waals surface area contributed by atoms with Crippen molar-refractivity contribution in [2.24, 2.45) is 0 Å². The fraction of sp³-hybridized carbons (Fsp3) is 0.0833. The van der Waals surface area contributed by atoms with Gasteiger partial charge in [0.05, 0.1) is 5.76 Å². The number of carbonyl (C=O) groups is 1. The maximum absolute atomic E-state index is 10.0. The summed E-state index contributed by atoms with van der Waals surface area (Å²) in [5, 5.41) is 13.1. The smallest absolute Gasteiger partial charge is 0.155 e. The number of pyridine rings is 1. The summed E-state index contributed by atoms with van der Waals surface area (Å²) in [6, 6.07) is 26.2. The maximum Gasteiger partial charge on any atom is 0.155 e. The second-order valence-corrected chi connectivity index (χ2v) is 6.25. The van der Waals surface area contributed by atoms with Crippen LogP contribution >= 0.6 is 0 Å². The molecule has 0 fully saturated rings. The summed E-state index contributed by atoms with van der Waals surface area (Å²) in [7, 11) is 0. The van der Waals surface area contributed by atoms with Crippen LogP contribution in [0.3, 0.4) is 0 Å². The summed E-state index contributed by atoms with van der Waals surface area (Å²) in [6.07, 6.45) is 3.10. The van der Waals surface area contributed by atoms with E-state index in [1.54, 1.807) is 0 Å². The van der Waals surface area contributed by atoms with E-state index in [0.29, 0.717) is 0 Å². The minimum atomic E-state index is -0.125. The minimum absolute atomic E-state index is 0. The second kappa shape index (κ2) is 9.93. The molecule has 4 rings (SSSR count).